The van der Waals surface area contributed by atoms with Crippen molar-refractivity contribution in [3.05, 3.63) is 58.1 Å². The number of aryl methyl sites for hydroxylation is 1. The number of hydrogen-bond acceptors (Lipinski definition) is 4. The lowest BCUT2D eigenvalue weighted by molar-refractivity contribution is -0.132. The molecule has 0 saturated heterocycles. The van der Waals surface area contributed by atoms with Gasteiger partial charge in [0, 0.05) is 47.5 Å². The van der Waals surface area contributed by atoms with Crippen LogP contribution < -0.4 is 0 Å². The van der Waals surface area contributed by atoms with E-state index in [4.69, 9.17) is 21.4 Å². The van der Waals surface area contributed by atoms with E-state index < -0.39 is 5.97 Å². The monoisotopic (exact) mass is 399 g/mol. The number of pyridine rings is 1. The number of hydrogen-bond donors (Lipinski definition) is 1. The maximum absolute atomic E-state index is 11.7. The topological polar surface area (TPSA) is 76.7 Å². The van der Waals surface area contributed by atoms with Gasteiger partial charge in [-0.3, -0.25) is 4.98 Å². The Balaban J connectivity index is 2.45. The Morgan fingerprint density at radius 2 is 2.11 bits per heavy atom. The van der Waals surface area contributed by atoms with Gasteiger partial charge < -0.3 is 9.84 Å². The lowest BCUT2D eigenvalue weighted by Gasteiger charge is -2.16. The Hall–Kier alpha value is -2.70. The van der Waals surface area contributed by atoms with E-state index in [-0.39, 0.29) is 6.61 Å². The molecule has 0 fully saturated rings. The largest absolute Gasteiger partial charge is 0.478 e. The van der Waals surface area contributed by atoms with Gasteiger partial charge in [-0.05, 0) is 37.1 Å². The molecule has 7 heteroatoms. The van der Waals surface area contributed by atoms with E-state index in [1.165, 1.54) is 0 Å². The number of ether oxygens (including phenoxy) is 1. The summed E-state index contributed by atoms with van der Waals surface area (Å²) in [6.07, 6.45) is 6.17. The molecule has 6 nitrogen and oxygen atoms in total. The van der Waals surface area contributed by atoms with Gasteiger partial charge in [0.1, 0.15) is 0 Å². The number of fused-ring (bicyclic) bond motifs is 1. The SMILES string of the molecule is CCC(=Cc1c(COC)nn2c(CC)ccc2c1-c1cncc(Cl)c1)C(=O)O. The lowest BCUT2D eigenvalue weighted by atomic mass is 9.97. The Morgan fingerprint density at radius 3 is 2.71 bits per heavy atom. The van der Waals surface area contributed by atoms with Gasteiger partial charge in [0.25, 0.3) is 0 Å². The summed E-state index contributed by atoms with van der Waals surface area (Å²) in [5.74, 6) is -0.953. The number of nitrogens with zero attached hydrogens (tertiary/aromatic N) is 3. The lowest BCUT2D eigenvalue weighted by Crippen LogP contribution is -2.08. The van der Waals surface area contributed by atoms with Crippen LogP contribution in [-0.4, -0.2) is 32.8 Å². The summed E-state index contributed by atoms with van der Waals surface area (Å²) >= 11 is 6.20. The highest BCUT2D eigenvalue weighted by molar-refractivity contribution is 6.30. The predicted octanol–water partition coefficient (Wildman–Crippen LogP) is 4.64. The summed E-state index contributed by atoms with van der Waals surface area (Å²) < 4.78 is 7.25. The number of aromatic nitrogens is 3. The molecule has 3 heterocycles. The number of methoxy groups -OCH3 is 1. The second kappa shape index (κ2) is 8.54. The van der Waals surface area contributed by atoms with Crippen LogP contribution in [0, 0.1) is 0 Å². The third kappa shape index (κ3) is 3.79. The van der Waals surface area contributed by atoms with Gasteiger partial charge in [-0.15, -0.1) is 0 Å². The molecule has 0 aromatic carbocycles. The van der Waals surface area contributed by atoms with Crippen molar-refractivity contribution in [2.24, 2.45) is 0 Å². The maximum Gasteiger partial charge on any atom is 0.331 e. The second-order valence-corrected chi connectivity index (χ2v) is 6.80. The van der Waals surface area contributed by atoms with E-state index >= 15 is 0 Å². The molecular weight excluding hydrogens is 378 g/mol. The van der Waals surface area contributed by atoms with Gasteiger partial charge in [0.15, 0.2) is 0 Å². The maximum atomic E-state index is 11.7. The zero-order chi connectivity index (χ0) is 20.3. The first-order chi connectivity index (χ1) is 13.5. The van der Waals surface area contributed by atoms with Crippen molar-refractivity contribution in [3.63, 3.8) is 0 Å². The molecule has 0 bridgehead atoms. The van der Waals surface area contributed by atoms with Crippen LogP contribution in [-0.2, 0) is 22.6 Å². The normalized spacial score (nSPS) is 11.9. The van der Waals surface area contributed by atoms with Crippen molar-refractivity contribution >= 4 is 29.2 Å². The average Bonchev–Trinajstić information content (AvgIpc) is 3.08. The van der Waals surface area contributed by atoms with Crippen LogP contribution in [0.25, 0.3) is 22.7 Å². The fourth-order valence-electron chi connectivity index (χ4n) is 3.24. The summed E-state index contributed by atoms with van der Waals surface area (Å²) in [5, 5.41) is 14.8. The molecule has 0 unspecified atom stereocenters. The molecule has 146 valence electrons. The Kier molecular flexibility index (Phi) is 6.11. The van der Waals surface area contributed by atoms with E-state index in [0.29, 0.717) is 28.3 Å². The molecule has 3 aromatic heterocycles. The van der Waals surface area contributed by atoms with E-state index in [2.05, 4.69) is 11.9 Å². The molecule has 0 radical (unpaired) electrons. The van der Waals surface area contributed by atoms with Crippen molar-refractivity contribution < 1.29 is 14.6 Å². The zero-order valence-corrected chi connectivity index (χ0v) is 16.8. The summed E-state index contributed by atoms with van der Waals surface area (Å²) in [7, 11) is 1.59. The van der Waals surface area contributed by atoms with E-state index in [1.807, 2.05) is 29.6 Å². The molecule has 0 saturated carbocycles. The molecule has 0 atom stereocenters. The minimum Gasteiger partial charge on any atom is -0.478 e. The van der Waals surface area contributed by atoms with Crippen molar-refractivity contribution in [1.29, 1.82) is 0 Å². The second-order valence-electron chi connectivity index (χ2n) is 6.36. The Labute approximate surface area is 168 Å². The van der Waals surface area contributed by atoms with Gasteiger partial charge in [0.2, 0.25) is 0 Å². The van der Waals surface area contributed by atoms with Crippen LogP contribution in [0.2, 0.25) is 5.02 Å². The van der Waals surface area contributed by atoms with Crippen LogP contribution in [0.3, 0.4) is 0 Å². The molecule has 0 aliphatic rings. The standard InChI is InChI=1S/C21H22ClN3O3/c1-4-13(21(26)27)9-17-18(12-28-3)24-25-16(5-2)6-7-19(25)20(17)14-8-15(22)11-23-10-14/h6-11H,4-5,12H2,1-3H3,(H,26,27). The molecule has 1 N–H and O–H groups in total. The third-order valence-corrected chi connectivity index (χ3v) is 4.81. The molecular formula is C21H22ClN3O3. The van der Waals surface area contributed by atoms with Gasteiger partial charge in [-0.1, -0.05) is 25.4 Å². The number of carboxylic acids is 1. The van der Waals surface area contributed by atoms with Gasteiger partial charge in [-0.25, -0.2) is 9.31 Å². The van der Waals surface area contributed by atoms with Crippen LogP contribution in [0.1, 0.15) is 37.2 Å². The highest BCUT2D eigenvalue weighted by atomic mass is 35.5. The van der Waals surface area contributed by atoms with Crippen LogP contribution in [0.5, 0.6) is 0 Å². The average molecular weight is 400 g/mol. The summed E-state index contributed by atoms with van der Waals surface area (Å²) in [4.78, 5) is 15.9. The van der Waals surface area contributed by atoms with Crippen LogP contribution in [0.4, 0.5) is 0 Å². The van der Waals surface area contributed by atoms with E-state index in [1.54, 1.807) is 25.6 Å². The first-order valence-electron chi connectivity index (χ1n) is 9.07. The molecule has 0 spiro atoms. The highest BCUT2D eigenvalue weighted by Gasteiger charge is 2.19. The Bertz CT molecular complexity index is 1060. The summed E-state index contributed by atoms with van der Waals surface area (Å²) in [5.41, 5.74) is 5.21. The summed E-state index contributed by atoms with van der Waals surface area (Å²) in [6.45, 7) is 4.13. The minimum absolute atomic E-state index is 0.251. The minimum atomic E-state index is -0.953. The fraction of sp³-hybridized carbons (Fsp3) is 0.286. The van der Waals surface area contributed by atoms with Crippen molar-refractivity contribution in [2.45, 2.75) is 33.3 Å². The quantitative estimate of drug-likeness (QED) is 0.586. The number of halogens is 1. The zero-order valence-electron chi connectivity index (χ0n) is 16.1. The fourth-order valence-corrected chi connectivity index (χ4v) is 3.42. The number of carbonyl (C=O) groups is 1. The first-order valence-corrected chi connectivity index (χ1v) is 9.45. The summed E-state index contributed by atoms with van der Waals surface area (Å²) in [6, 6.07) is 5.83. The molecule has 0 amide bonds. The molecule has 28 heavy (non-hydrogen) atoms. The van der Waals surface area contributed by atoms with Gasteiger partial charge in [0.05, 0.1) is 22.8 Å². The highest BCUT2D eigenvalue weighted by Crippen LogP contribution is 2.34. The van der Waals surface area contributed by atoms with E-state index in [9.17, 15) is 9.90 Å². The van der Waals surface area contributed by atoms with E-state index in [0.717, 1.165) is 28.8 Å². The molecule has 0 aliphatic carbocycles. The van der Waals surface area contributed by atoms with Crippen molar-refractivity contribution in [2.75, 3.05) is 7.11 Å². The van der Waals surface area contributed by atoms with Crippen molar-refractivity contribution in [1.82, 2.24) is 14.6 Å². The molecule has 3 aromatic rings. The first kappa shape index (κ1) is 20.0. The molecule has 3 rings (SSSR count). The van der Waals surface area contributed by atoms with Crippen LogP contribution >= 0.6 is 11.6 Å². The smallest absolute Gasteiger partial charge is 0.331 e. The number of carboxylic acid groups (broad SMARTS) is 1. The molecule has 0 aliphatic heterocycles. The van der Waals surface area contributed by atoms with Crippen LogP contribution in [0.15, 0.2) is 36.2 Å². The van der Waals surface area contributed by atoms with Gasteiger partial charge in [-0.2, -0.15) is 5.10 Å². The number of rotatable bonds is 7. The third-order valence-electron chi connectivity index (χ3n) is 4.60. The Morgan fingerprint density at radius 1 is 1.32 bits per heavy atom. The van der Waals surface area contributed by atoms with Gasteiger partial charge >= 0.3 is 5.97 Å². The predicted molar refractivity (Wildman–Crippen MR) is 109 cm³/mol. The van der Waals surface area contributed by atoms with Crippen molar-refractivity contribution in [3.8, 4) is 11.1 Å². The number of aliphatic carboxylic acids is 1.